The number of anilines is 2. The average Bonchev–Trinajstić information content (AvgIpc) is 2.90. The number of nitrogens with zero attached hydrogens (tertiary/aromatic N) is 7. The van der Waals surface area contributed by atoms with Crippen molar-refractivity contribution in [2.24, 2.45) is 7.05 Å². The molecular weight excluding hydrogens is 454 g/mol. The highest BCUT2D eigenvalue weighted by atomic mass is 16.2. The first-order chi connectivity index (χ1) is 17.4. The van der Waals surface area contributed by atoms with Gasteiger partial charge in [-0.3, -0.25) is 19.2 Å². The van der Waals surface area contributed by atoms with E-state index in [0.29, 0.717) is 23.1 Å². The lowest BCUT2D eigenvalue weighted by Crippen LogP contribution is -2.47. The molecule has 0 saturated carbocycles. The van der Waals surface area contributed by atoms with Gasteiger partial charge >= 0.3 is 0 Å². The zero-order valence-electron chi connectivity index (χ0n) is 21.7. The Bertz CT molecular complexity index is 1320. The van der Waals surface area contributed by atoms with Gasteiger partial charge in [0, 0.05) is 83.9 Å². The van der Waals surface area contributed by atoms with E-state index in [9.17, 15) is 9.59 Å². The van der Waals surface area contributed by atoms with E-state index in [-0.39, 0.29) is 11.1 Å². The van der Waals surface area contributed by atoms with E-state index in [1.165, 1.54) is 10.4 Å². The molecule has 0 unspecified atom stereocenters. The van der Waals surface area contributed by atoms with E-state index in [2.05, 4.69) is 50.9 Å². The van der Waals surface area contributed by atoms with Crippen LogP contribution < -0.4 is 20.9 Å². The third-order valence-electron chi connectivity index (χ3n) is 7.60. The summed E-state index contributed by atoms with van der Waals surface area (Å²) in [5.74, 6) is 0.652. The number of aromatic nitrogens is 3. The van der Waals surface area contributed by atoms with Gasteiger partial charge in [0.2, 0.25) is 0 Å². The van der Waals surface area contributed by atoms with Gasteiger partial charge in [-0.1, -0.05) is 18.2 Å². The third kappa shape index (κ3) is 4.90. The summed E-state index contributed by atoms with van der Waals surface area (Å²) >= 11 is 0. The van der Waals surface area contributed by atoms with E-state index in [0.717, 1.165) is 71.0 Å². The molecule has 2 aliphatic heterocycles. The number of benzene rings is 1. The molecule has 0 aliphatic carbocycles. The standard InChI is InChI=1S/C27H37N7O2/c1-21-20-23-24(25(28-21)33-16-12-29(2)13-17-33)27(36)30(3)34(26(23)35)11-7-10-31-14-18-32(19-15-31)22-8-5-4-6-9-22/h4-6,8-9,20H,7,10-19H2,1-3H3. The van der Waals surface area contributed by atoms with Crippen LogP contribution in [0.3, 0.4) is 0 Å². The summed E-state index contributed by atoms with van der Waals surface area (Å²) in [5.41, 5.74) is 1.78. The van der Waals surface area contributed by atoms with Crippen molar-refractivity contribution in [2.75, 3.05) is 75.8 Å². The van der Waals surface area contributed by atoms with Crippen LogP contribution in [-0.4, -0.2) is 90.1 Å². The van der Waals surface area contributed by atoms with E-state index >= 15 is 0 Å². The van der Waals surface area contributed by atoms with Crippen LogP contribution >= 0.6 is 0 Å². The highest BCUT2D eigenvalue weighted by Crippen LogP contribution is 2.22. The highest BCUT2D eigenvalue weighted by molar-refractivity contribution is 5.91. The second kappa shape index (κ2) is 10.4. The first-order valence-electron chi connectivity index (χ1n) is 13.0. The number of pyridine rings is 1. The van der Waals surface area contributed by atoms with Gasteiger partial charge in [0.15, 0.2) is 0 Å². The Balaban J connectivity index is 1.30. The van der Waals surface area contributed by atoms with Crippen molar-refractivity contribution in [1.29, 1.82) is 0 Å². The Kier molecular flexibility index (Phi) is 7.11. The van der Waals surface area contributed by atoms with Crippen LogP contribution in [0.2, 0.25) is 0 Å². The number of piperazine rings is 2. The highest BCUT2D eigenvalue weighted by Gasteiger charge is 2.23. The predicted octanol–water partition coefficient (Wildman–Crippen LogP) is 1.37. The molecule has 4 heterocycles. The molecule has 0 spiro atoms. The summed E-state index contributed by atoms with van der Waals surface area (Å²) in [6, 6.07) is 12.3. The van der Waals surface area contributed by atoms with Crippen LogP contribution in [0.25, 0.3) is 10.8 Å². The lowest BCUT2D eigenvalue weighted by molar-refractivity contribution is 0.246. The molecule has 1 aromatic carbocycles. The van der Waals surface area contributed by atoms with Crippen molar-refractivity contribution in [3.63, 3.8) is 0 Å². The predicted molar refractivity (Wildman–Crippen MR) is 145 cm³/mol. The zero-order chi connectivity index (χ0) is 25.2. The number of hydrogen-bond donors (Lipinski definition) is 0. The minimum Gasteiger partial charge on any atom is -0.369 e. The van der Waals surface area contributed by atoms with Crippen molar-refractivity contribution < 1.29 is 0 Å². The Morgan fingerprint density at radius 2 is 1.47 bits per heavy atom. The Labute approximate surface area is 212 Å². The van der Waals surface area contributed by atoms with Crippen LogP contribution in [0, 0.1) is 6.92 Å². The van der Waals surface area contributed by atoms with Crippen LogP contribution in [0.1, 0.15) is 12.1 Å². The molecule has 2 aromatic heterocycles. The number of rotatable bonds is 6. The molecule has 36 heavy (non-hydrogen) atoms. The zero-order valence-corrected chi connectivity index (χ0v) is 21.7. The van der Waals surface area contributed by atoms with E-state index < -0.39 is 0 Å². The van der Waals surface area contributed by atoms with Gasteiger partial charge in [-0.2, -0.15) is 0 Å². The van der Waals surface area contributed by atoms with E-state index in [1.807, 2.05) is 13.0 Å². The van der Waals surface area contributed by atoms with Gasteiger partial charge in [-0.15, -0.1) is 0 Å². The van der Waals surface area contributed by atoms with E-state index in [4.69, 9.17) is 4.98 Å². The Morgan fingerprint density at radius 3 is 2.17 bits per heavy atom. The monoisotopic (exact) mass is 491 g/mol. The summed E-state index contributed by atoms with van der Waals surface area (Å²) in [6.07, 6.45) is 0.819. The van der Waals surface area contributed by atoms with Crippen LogP contribution in [0.5, 0.6) is 0 Å². The fourth-order valence-electron chi connectivity index (χ4n) is 5.39. The average molecular weight is 492 g/mol. The first kappa shape index (κ1) is 24.5. The molecule has 192 valence electrons. The topological polar surface area (TPSA) is 69.9 Å². The lowest BCUT2D eigenvalue weighted by atomic mass is 10.1. The number of fused-ring (bicyclic) bond motifs is 1. The van der Waals surface area contributed by atoms with Crippen molar-refractivity contribution >= 4 is 22.3 Å². The van der Waals surface area contributed by atoms with E-state index in [1.54, 1.807) is 17.8 Å². The van der Waals surface area contributed by atoms with Gasteiger partial charge in [-0.05, 0) is 38.6 Å². The van der Waals surface area contributed by atoms with Gasteiger partial charge in [0.25, 0.3) is 11.1 Å². The Morgan fingerprint density at radius 1 is 0.806 bits per heavy atom. The smallest absolute Gasteiger partial charge is 0.276 e. The SMILES string of the molecule is Cc1cc2c(=O)n(CCCN3CCN(c4ccccc4)CC3)n(C)c(=O)c2c(N2CCN(C)CC2)n1. The number of para-hydroxylation sites is 1. The largest absolute Gasteiger partial charge is 0.369 e. The summed E-state index contributed by atoms with van der Waals surface area (Å²) < 4.78 is 3.10. The second-order valence-electron chi connectivity index (χ2n) is 10.1. The molecule has 9 nitrogen and oxygen atoms in total. The fourth-order valence-corrected chi connectivity index (χ4v) is 5.39. The number of aryl methyl sites for hydroxylation is 1. The number of hydrogen-bond acceptors (Lipinski definition) is 7. The molecule has 0 radical (unpaired) electrons. The maximum absolute atomic E-state index is 13.6. The van der Waals surface area contributed by atoms with Gasteiger partial charge in [0.1, 0.15) is 5.82 Å². The van der Waals surface area contributed by atoms with Gasteiger partial charge in [-0.25, -0.2) is 9.67 Å². The second-order valence-corrected chi connectivity index (χ2v) is 10.1. The van der Waals surface area contributed by atoms with Crippen molar-refractivity contribution in [2.45, 2.75) is 19.9 Å². The maximum Gasteiger partial charge on any atom is 0.276 e. The molecule has 0 atom stereocenters. The molecule has 2 fully saturated rings. The summed E-state index contributed by atoms with van der Waals surface area (Å²) in [4.78, 5) is 41.0. The maximum atomic E-state index is 13.6. The molecule has 2 saturated heterocycles. The van der Waals surface area contributed by atoms with Crippen molar-refractivity contribution in [1.82, 2.24) is 24.1 Å². The molecule has 3 aromatic rings. The number of likely N-dealkylation sites (N-methyl/N-ethyl adjacent to an activating group) is 1. The fraction of sp³-hybridized carbons (Fsp3) is 0.519. The van der Waals surface area contributed by atoms with Crippen LogP contribution in [0.4, 0.5) is 11.5 Å². The molecule has 0 N–H and O–H groups in total. The molecule has 0 amide bonds. The lowest BCUT2D eigenvalue weighted by Gasteiger charge is -2.36. The quantitative estimate of drug-likeness (QED) is 0.516. The van der Waals surface area contributed by atoms with Gasteiger partial charge < -0.3 is 14.7 Å². The molecular formula is C27H37N7O2. The van der Waals surface area contributed by atoms with Crippen LogP contribution in [0.15, 0.2) is 46.0 Å². The summed E-state index contributed by atoms with van der Waals surface area (Å²) in [7, 11) is 3.80. The van der Waals surface area contributed by atoms with Crippen LogP contribution in [-0.2, 0) is 13.6 Å². The van der Waals surface area contributed by atoms with Crippen molar-refractivity contribution in [3.05, 3.63) is 62.8 Å². The molecule has 9 heteroatoms. The molecule has 5 rings (SSSR count). The molecule has 2 aliphatic rings. The van der Waals surface area contributed by atoms with Crippen molar-refractivity contribution in [3.8, 4) is 0 Å². The van der Waals surface area contributed by atoms with Gasteiger partial charge in [0.05, 0.1) is 10.8 Å². The summed E-state index contributed by atoms with van der Waals surface area (Å²) in [5, 5.41) is 0.932. The minimum absolute atomic E-state index is 0.109. The minimum atomic E-state index is -0.150. The summed E-state index contributed by atoms with van der Waals surface area (Å²) in [6.45, 7) is 10.7. The third-order valence-corrected chi connectivity index (χ3v) is 7.60. The Hall–Kier alpha value is -3.17. The normalized spacial score (nSPS) is 17.8. The molecule has 0 bridgehead atoms. The first-order valence-corrected chi connectivity index (χ1v) is 13.0.